The van der Waals surface area contributed by atoms with Crippen molar-refractivity contribution in [2.24, 2.45) is 0 Å². The van der Waals surface area contributed by atoms with Crippen molar-refractivity contribution in [2.45, 2.75) is 0 Å². The fourth-order valence-corrected chi connectivity index (χ4v) is 1.61. The second-order valence-electron chi connectivity index (χ2n) is 3.16. The van der Waals surface area contributed by atoms with Gasteiger partial charge in [-0.2, -0.15) is 0 Å². The highest BCUT2D eigenvalue weighted by atomic mass is 16.5. The molecule has 16 heavy (non-hydrogen) atoms. The Morgan fingerprint density at radius 2 is 1.88 bits per heavy atom. The number of carbonyl (C=O) groups is 1. The van der Waals surface area contributed by atoms with E-state index in [2.05, 4.69) is 0 Å². The van der Waals surface area contributed by atoms with Crippen LogP contribution >= 0.6 is 0 Å². The van der Waals surface area contributed by atoms with Crippen LogP contribution in [-0.2, 0) is 0 Å². The number of benzene rings is 2. The molecule has 2 rings (SSSR count). The van der Waals surface area contributed by atoms with Crippen molar-refractivity contribution >= 4 is 16.7 Å². The first-order valence-electron chi connectivity index (χ1n) is 4.55. The van der Waals surface area contributed by atoms with E-state index >= 15 is 0 Å². The average molecular weight is 213 g/mol. The molecule has 0 aliphatic carbocycles. The summed E-state index contributed by atoms with van der Waals surface area (Å²) in [6.45, 7) is 0. The van der Waals surface area contributed by atoms with Crippen LogP contribution in [0.1, 0.15) is 10.4 Å². The molecule has 0 saturated carbocycles. The Hall–Kier alpha value is -2.54. The highest BCUT2D eigenvalue weighted by Crippen LogP contribution is 2.27. The first-order chi connectivity index (χ1) is 7.74. The number of aromatic carboxylic acids is 1. The molecule has 2 aromatic carbocycles. The Kier molecular flexibility index (Phi) is 2.44. The molecular formula is C12H7NO3. The van der Waals surface area contributed by atoms with Crippen molar-refractivity contribution in [1.82, 2.24) is 0 Å². The second kappa shape index (κ2) is 3.91. The van der Waals surface area contributed by atoms with Gasteiger partial charge in [0, 0.05) is 5.39 Å². The van der Waals surface area contributed by atoms with Crippen LogP contribution in [0.4, 0.5) is 0 Å². The van der Waals surface area contributed by atoms with Crippen molar-refractivity contribution in [2.75, 3.05) is 0 Å². The molecular weight excluding hydrogens is 206 g/mol. The molecule has 0 fully saturated rings. The van der Waals surface area contributed by atoms with E-state index < -0.39 is 5.97 Å². The number of hydrogen-bond donors (Lipinski definition) is 1. The Balaban J connectivity index is 2.77. The van der Waals surface area contributed by atoms with Gasteiger partial charge in [-0.3, -0.25) is 0 Å². The van der Waals surface area contributed by atoms with E-state index in [9.17, 15) is 4.79 Å². The SMILES string of the molecule is N#COc1cccc2c(C(=O)O)cccc12. The van der Waals surface area contributed by atoms with E-state index in [4.69, 9.17) is 15.1 Å². The predicted molar refractivity (Wildman–Crippen MR) is 57.1 cm³/mol. The van der Waals surface area contributed by atoms with E-state index in [1.54, 1.807) is 36.6 Å². The topological polar surface area (TPSA) is 70.3 Å². The molecule has 4 heteroatoms. The van der Waals surface area contributed by atoms with E-state index in [-0.39, 0.29) is 5.56 Å². The Morgan fingerprint density at radius 3 is 2.56 bits per heavy atom. The molecule has 0 saturated heterocycles. The molecule has 1 N–H and O–H groups in total. The van der Waals surface area contributed by atoms with Gasteiger partial charge in [0.05, 0.1) is 5.56 Å². The molecule has 0 aliphatic rings. The summed E-state index contributed by atoms with van der Waals surface area (Å²) in [7, 11) is 0. The van der Waals surface area contributed by atoms with Gasteiger partial charge in [-0.15, -0.1) is 5.26 Å². The van der Waals surface area contributed by atoms with Gasteiger partial charge in [-0.25, -0.2) is 4.79 Å². The summed E-state index contributed by atoms with van der Waals surface area (Å²) < 4.78 is 4.77. The zero-order valence-electron chi connectivity index (χ0n) is 8.18. The third-order valence-electron chi connectivity index (χ3n) is 2.27. The molecule has 2 aromatic rings. The van der Waals surface area contributed by atoms with Gasteiger partial charge < -0.3 is 9.84 Å². The van der Waals surface area contributed by atoms with E-state index in [0.717, 1.165) is 0 Å². The zero-order chi connectivity index (χ0) is 11.5. The number of nitriles is 1. The molecule has 0 aliphatic heterocycles. The lowest BCUT2D eigenvalue weighted by molar-refractivity contribution is 0.0699. The lowest BCUT2D eigenvalue weighted by Gasteiger charge is -2.05. The van der Waals surface area contributed by atoms with Crippen molar-refractivity contribution < 1.29 is 14.6 Å². The van der Waals surface area contributed by atoms with Crippen LogP contribution in [0.2, 0.25) is 0 Å². The number of fused-ring (bicyclic) bond motifs is 1. The highest BCUT2D eigenvalue weighted by molar-refractivity contribution is 6.05. The molecule has 0 aromatic heterocycles. The lowest BCUT2D eigenvalue weighted by Crippen LogP contribution is -1.97. The first-order valence-corrected chi connectivity index (χ1v) is 4.55. The summed E-state index contributed by atoms with van der Waals surface area (Å²) in [6.07, 6.45) is 1.58. The summed E-state index contributed by atoms with van der Waals surface area (Å²) in [5, 5.41) is 18.6. The number of nitrogens with zero attached hydrogens (tertiary/aromatic N) is 1. The van der Waals surface area contributed by atoms with Crippen LogP contribution in [0.15, 0.2) is 36.4 Å². The van der Waals surface area contributed by atoms with Crippen molar-refractivity contribution in [3.05, 3.63) is 42.0 Å². The van der Waals surface area contributed by atoms with Gasteiger partial charge in [0.2, 0.25) is 0 Å². The van der Waals surface area contributed by atoms with Gasteiger partial charge in [0.25, 0.3) is 6.26 Å². The lowest BCUT2D eigenvalue weighted by atomic mass is 10.0. The number of carboxylic acid groups (broad SMARTS) is 1. The quantitative estimate of drug-likeness (QED) is 0.777. The van der Waals surface area contributed by atoms with Crippen molar-refractivity contribution in [3.63, 3.8) is 0 Å². The van der Waals surface area contributed by atoms with Gasteiger partial charge in [-0.05, 0) is 17.5 Å². The number of rotatable bonds is 2. The largest absolute Gasteiger partial charge is 0.478 e. The van der Waals surface area contributed by atoms with Gasteiger partial charge in [-0.1, -0.05) is 24.3 Å². The van der Waals surface area contributed by atoms with Crippen molar-refractivity contribution in [3.8, 4) is 12.0 Å². The Morgan fingerprint density at radius 1 is 1.19 bits per heavy atom. The fourth-order valence-electron chi connectivity index (χ4n) is 1.61. The minimum absolute atomic E-state index is 0.195. The third kappa shape index (κ3) is 1.55. The molecule has 4 nitrogen and oxygen atoms in total. The predicted octanol–water partition coefficient (Wildman–Crippen LogP) is 2.40. The first kappa shape index (κ1) is 9.99. The molecule has 78 valence electrons. The molecule has 0 spiro atoms. The minimum Gasteiger partial charge on any atom is -0.478 e. The smallest absolute Gasteiger partial charge is 0.336 e. The van der Waals surface area contributed by atoms with Crippen LogP contribution < -0.4 is 4.74 Å². The standard InChI is InChI=1S/C12H7NO3/c13-7-16-11-6-2-3-8-9(11)4-1-5-10(8)12(14)15/h1-6H,(H,14,15). The molecule has 0 atom stereocenters. The monoisotopic (exact) mass is 213 g/mol. The van der Waals surface area contributed by atoms with E-state index in [1.165, 1.54) is 6.07 Å². The maximum absolute atomic E-state index is 11.0. The highest BCUT2D eigenvalue weighted by Gasteiger charge is 2.10. The average Bonchev–Trinajstić information content (AvgIpc) is 2.29. The summed E-state index contributed by atoms with van der Waals surface area (Å²) in [4.78, 5) is 11.0. The summed E-state index contributed by atoms with van der Waals surface area (Å²) in [5.41, 5.74) is 0.195. The number of hydrogen-bond acceptors (Lipinski definition) is 3. The van der Waals surface area contributed by atoms with Crippen LogP contribution in [-0.4, -0.2) is 11.1 Å². The molecule has 0 heterocycles. The normalized spacial score (nSPS) is 9.69. The van der Waals surface area contributed by atoms with Gasteiger partial charge in [0.1, 0.15) is 5.75 Å². The van der Waals surface area contributed by atoms with Gasteiger partial charge >= 0.3 is 5.97 Å². The fraction of sp³-hybridized carbons (Fsp3) is 0. The summed E-state index contributed by atoms with van der Waals surface area (Å²) in [5.74, 6) is -0.636. The van der Waals surface area contributed by atoms with E-state index in [1.807, 2.05) is 0 Å². The Bertz CT molecular complexity index is 599. The maximum atomic E-state index is 11.0. The van der Waals surface area contributed by atoms with Crippen LogP contribution in [0.5, 0.6) is 5.75 Å². The molecule has 0 bridgehead atoms. The van der Waals surface area contributed by atoms with Crippen LogP contribution in [0, 0.1) is 11.5 Å². The molecule has 0 amide bonds. The molecule has 0 radical (unpaired) electrons. The maximum Gasteiger partial charge on any atom is 0.336 e. The van der Waals surface area contributed by atoms with Crippen LogP contribution in [0.25, 0.3) is 10.8 Å². The van der Waals surface area contributed by atoms with Gasteiger partial charge in [0.15, 0.2) is 0 Å². The van der Waals surface area contributed by atoms with Crippen molar-refractivity contribution in [1.29, 1.82) is 5.26 Å². The van der Waals surface area contributed by atoms with Crippen LogP contribution in [0.3, 0.4) is 0 Å². The summed E-state index contributed by atoms with van der Waals surface area (Å²) in [6, 6.07) is 9.81. The van der Waals surface area contributed by atoms with E-state index in [0.29, 0.717) is 16.5 Å². The molecule has 0 unspecified atom stereocenters. The number of ether oxygens (including phenoxy) is 1. The number of carboxylic acids is 1. The Labute approximate surface area is 91.3 Å². The second-order valence-corrected chi connectivity index (χ2v) is 3.16. The minimum atomic E-state index is -1.00. The summed E-state index contributed by atoms with van der Waals surface area (Å²) >= 11 is 0. The third-order valence-corrected chi connectivity index (χ3v) is 2.27. The zero-order valence-corrected chi connectivity index (χ0v) is 8.18.